The van der Waals surface area contributed by atoms with E-state index in [2.05, 4.69) is 47.5 Å². The van der Waals surface area contributed by atoms with Gasteiger partial charge in [-0.3, -0.25) is 9.69 Å². The molecule has 2 saturated carbocycles. The van der Waals surface area contributed by atoms with Gasteiger partial charge in [-0.2, -0.15) is 0 Å². The summed E-state index contributed by atoms with van der Waals surface area (Å²) in [4.78, 5) is 15.5. The van der Waals surface area contributed by atoms with Gasteiger partial charge in [-0.1, -0.05) is 43.7 Å². The van der Waals surface area contributed by atoms with Crippen LogP contribution in [-0.4, -0.2) is 36.0 Å². The van der Waals surface area contributed by atoms with Crippen LogP contribution in [0.25, 0.3) is 0 Å². The van der Waals surface area contributed by atoms with Gasteiger partial charge in [-0.25, -0.2) is 0 Å². The van der Waals surface area contributed by atoms with Crippen LogP contribution in [-0.2, 0) is 11.3 Å². The number of piperidine rings is 1. The van der Waals surface area contributed by atoms with E-state index in [1.165, 1.54) is 24.8 Å². The van der Waals surface area contributed by atoms with Crippen LogP contribution in [0.1, 0.15) is 51.0 Å². The number of nitrogens with two attached hydrogens (primary N) is 1. The summed E-state index contributed by atoms with van der Waals surface area (Å²) in [5.74, 6) is 2.12. The summed E-state index contributed by atoms with van der Waals surface area (Å²) in [6, 6.07) is 11.3. The molecule has 2 aliphatic carbocycles. The molecule has 0 aromatic heterocycles. The van der Waals surface area contributed by atoms with E-state index in [4.69, 9.17) is 5.73 Å². The quantitative estimate of drug-likeness (QED) is 0.857. The van der Waals surface area contributed by atoms with Gasteiger partial charge in [0.15, 0.2) is 0 Å². The van der Waals surface area contributed by atoms with Gasteiger partial charge in [-0.15, -0.1) is 0 Å². The topological polar surface area (TPSA) is 58.4 Å². The maximum atomic E-state index is 13.0. The second kappa shape index (κ2) is 8.32. The Kier molecular flexibility index (Phi) is 5.84. The third-order valence-corrected chi connectivity index (χ3v) is 7.35. The number of nitrogens with one attached hydrogen (secondary N) is 1. The van der Waals surface area contributed by atoms with Gasteiger partial charge < -0.3 is 11.1 Å². The highest BCUT2D eigenvalue weighted by molar-refractivity contribution is 5.79. The first-order valence-corrected chi connectivity index (χ1v) is 10.9. The summed E-state index contributed by atoms with van der Waals surface area (Å²) in [5, 5.41) is 3.42. The lowest BCUT2D eigenvalue weighted by Gasteiger charge is -2.44. The average Bonchev–Trinajstić information content (AvgIpc) is 2.64. The lowest BCUT2D eigenvalue weighted by atomic mass is 9.65. The van der Waals surface area contributed by atoms with Crippen molar-refractivity contribution in [3.8, 4) is 0 Å². The van der Waals surface area contributed by atoms with Crippen molar-refractivity contribution in [2.24, 2.45) is 29.4 Å². The maximum absolute atomic E-state index is 13.0. The molecule has 27 heavy (non-hydrogen) atoms. The summed E-state index contributed by atoms with van der Waals surface area (Å²) in [7, 11) is 0. The van der Waals surface area contributed by atoms with Gasteiger partial charge in [0, 0.05) is 37.6 Å². The Hall–Kier alpha value is -1.39. The van der Waals surface area contributed by atoms with E-state index in [0.29, 0.717) is 35.7 Å². The minimum atomic E-state index is 0.189. The van der Waals surface area contributed by atoms with Crippen molar-refractivity contribution in [3.63, 3.8) is 0 Å². The lowest BCUT2D eigenvalue weighted by molar-refractivity contribution is -0.129. The fourth-order valence-corrected chi connectivity index (χ4v) is 5.74. The number of hydrogen-bond acceptors (Lipinski definition) is 3. The Morgan fingerprint density at radius 3 is 2.52 bits per heavy atom. The van der Waals surface area contributed by atoms with Crippen LogP contribution in [0.4, 0.5) is 0 Å². The molecule has 1 heterocycles. The van der Waals surface area contributed by atoms with E-state index in [0.717, 1.165) is 38.9 Å². The van der Waals surface area contributed by atoms with Crippen LogP contribution >= 0.6 is 0 Å². The third kappa shape index (κ3) is 4.38. The number of rotatable bonds is 4. The Balaban J connectivity index is 1.28. The van der Waals surface area contributed by atoms with Crippen LogP contribution in [0.2, 0.25) is 0 Å². The molecule has 1 amide bonds. The molecule has 4 rings (SSSR count). The predicted molar refractivity (Wildman–Crippen MR) is 109 cm³/mol. The molecule has 4 nitrogen and oxygen atoms in total. The first kappa shape index (κ1) is 18.9. The van der Waals surface area contributed by atoms with Crippen LogP contribution in [0.5, 0.6) is 0 Å². The fraction of sp³-hybridized carbons (Fsp3) is 0.696. The number of amides is 1. The molecule has 4 heteroatoms. The molecule has 3 N–H and O–H groups in total. The Bertz CT molecular complexity index is 620. The molecule has 3 aliphatic rings. The van der Waals surface area contributed by atoms with E-state index < -0.39 is 0 Å². The Labute approximate surface area is 163 Å². The van der Waals surface area contributed by atoms with Gasteiger partial charge in [0.25, 0.3) is 0 Å². The zero-order chi connectivity index (χ0) is 18.8. The smallest absolute Gasteiger partial charge is 0.223 e. The van der Waals surface area contributed by atoms with Crippen molar-refractivity contribution in [1.29, 1.82) is 0 Å². The molecule has 2 bridgehead atoms. The van der Waals surface area contributed by atoms with Crippen molar-refractivity contribution < 1.29 is 4.79 Å². The summed E-state index contributed by atoms with van der Waals surface area (Å²) in [5.41, 5.74) is 7.77. The molecule has 1 aromatic carbocycles. The number of carbonyl (C=O) groups excluding carboxylic acids is 1. The molecule has 1 saturated heterocycles. The van der Waals surface area contributed by atoms with Crippen molar-refractivity contribution in [1.82, 2.24) is 10.2 Å². The number of nitrogens with zero attached hydrogens (tertiary/aromatic N) is 1. The van der Waals surface area contributed by atoms with E-state index >= 15 is 0 Å². The zero-order valence-electron chi connectivity index (χ0n) is 16.6. The minimum Gasteiger partial charge on any atom is -0.353 e. The molecule has 4 unspecified atom stereocenters. The molecular weight excluding hydrogens is 334 g/mol. The average molecular weight is 370 g/mol. The van der Waals surface area contributed by atoms with Gasteiger partial charge >= 0.3 is 0 Å². The first-order valence-electron chi connectivity index (χ1n) is 10.9. The summed E-state index contributed by atoms with van der Waals surface area (Å²) >= 11 is 0. The normalized spacial score (nSPS) is 37.0. The van der Waals surface area contributed by atoms with E-state index in [1.54, 1.807) is 0 Å². The highest BCUT2D eigenvalue weighted by atomic mass is 16.2. The third-order valence-electron chi connectivity index (χ3n) is 7.35. The highest BCUT2D eigenvalue weighted by Gasteiger charge is 2.41. The van der Waals surface area contributed by atoms with E-state index in [9.17, 15) is 4.79 Å². The SMILES string of the molecule is CC1CN(Cc2ccccc2)CCC1NC(=O)C1CC2CCCC(C1)C2N. The molecule has 0 radical (unpaired) electrons. The number of carbonyl (C=O) groups is 1. The number of fused-ring (bicyclic) bond motifs is 2. The Morgan fingerprint density at radius 2 is 1.85 bits per heavy atom. The van der Waals surface area contributed by atoms with Crippen LogP contribution in [0, 0.1) is 23.7 Å². The second-order valence-electron chi connectivity index (χ2n) is 9.30. The van der Waals surface area contributed by atoms with Crippen molar-refractivity contribution in [2.45, 2.75) is 64.1 Å². The summed E-state index contributed by atoms with van der Waals surface area (Å²) < 4.78 is 0. The number of likely N-dealkylation sites (tertiary alicyclic amines) is 1. The van der Waals surface area contributed by atoms with Crippen molar-refractivity contribution in [3.05, 3.63) is 35.9 Å². The van der Waals surface area contributed by atoms with E-state index in [-0.39, 0.29) is 5.92 Å². The largest absolute Gasteiger partial charge is 0.353 e. The van der Waals surface area contributed by atoms with Crippen LogP contribution < -0.4 is 11.1 Å². The number of benzene rings is 1. The summed E-state index contributed by atoms with van der Waals surface area (Å²) in [6.45, 7) is 5.41. The molecule has 1 aliphatic heterocycles. The monoisotopic (exact) mass is 369 g/mol. The lowest BCUT2D eigenvalue weighted by Crippen LogP contribution is -2.53. The predicted octanol–water partition coefficient (Wildman–Crippen LogP) is 3.17. The van der Waals surface area contributed by atoms with Crippen LogP contribution in [0.3, 0.4) is 0 Å². The van der Waals surface area contributed by atoms with Crippen LogP contribution in [0.15, 0.2) is 30.3 Å². The molecule has 0 spiro atoms. The summed E-state index contributed by atoms with van der Waals surface area (Å²) in [6.07, 6.45) is 6.80. The van der Waals surface area contributed by atoms with Crippen molar-refractivity contribution >= 4 is 5.91 Å². The molecule has 148 valence electrons. The first-order chi connectivity index (χ1) is 13.1. The number of hydrogen-bond donors (Lipinski definition) is 2. The molecule has 4 atom stereocenters. The Morgan fingerprint density at radius 1 is 1.15 bits per heavy atom. The molecule has 1 aromatic rings. The zero-order valence-corrected chi connectivity index (χ0v) is 16.6. The van der Waals surface area contributed by atoms with Gasteiger partial charge in [0.2, 0.25) is 5.91 Å². The standard InChI is InChI=1S/C23H35N3O/c1-16-14-26(15-17-6-3-2-4-7-17)11-10-21(16)25-23(27)20-12-18-8-5-9-19(13-20)22(18)24/h2-4,6-7,16,18-22H,5,8-15,24H2,1H3,(H,25,27). The molecular formula is C23H35N3O. The van der Waals surface area contributed by atoms with Gasteiger partial charge in [0.05, 0.1) is 0 Å². The van der Waals surface area contributed by atoms with E-state index in [1.807, 2.05) is 0 Å². The maximum Gasteiger partial charge on any atom is 0.223 e. The highest BCUT2D eigenvalue weighted by Crippen LogP contribution is 2.42. The van der Waals surface area contributed by atoms with Gasteiger partial charge in [-0.05, 0) is 55.4 Å². The fourth-order valence-electron chi connectivity index (χ4n) is 5.74. The molecule has 3 fully saturated rings. The van der Waals surface area contributed by atoms with Crippen molar-refractivity contribution in [2.75, 3.05) is 13.1 Å². The van der Waals surface area contributed by atoms with Gasteiger partial charge in [0.1, 0.15) is 0 Å². The minimum absolute atomic E-state index is 0.189. The second-order valence-corrected chi connectivity index (χ2v) is 9.30.